The maximum atomic E-state index is 13.0. The Morgan fingerprint density at radius 1 is 0.931 bits per heavy atom. The highest BCUT2D eigenvalue weighted by Gasteiger charge is 2.12. The highest BCUT2D eigenvalue weighted by molar-refractivity contribution is 6.35. The molecule has 0 bridgehead atoms. The van der Waals surface area contributed by atoms with Crippen molar-refractivity contribution in [2.45, 2.75) is 19.7 Å². The number of methoxy groups -OCH3 is 1. The summed E-state index contributed by atoms with van der Waals surface area (Å²) in [5.41, 5.74) is 2.79. The predicted octanol–water partition coefficient (Wildman–Crippen LogP) is 6.43. The van der Waals surface area contributed by atoms with Crippen LogP contribution in [-0.2, 0) is 19.7 Å². The van der Waals surface area contributed by atoms with Gasteiger partial charge in [-0.3, -0.25) is 0 Å². The van der Waals surface area contributed by atoms with Crippen molar-refractivity contribution < 1.29 is 13.9 Å². The lowest BCUT2D eigenvalue weighted by Crippen LogP contribution is -2.14. The van der Waals surface area contributed by atoms with Crippen LogP contribution in [0.2, 0.25) is 10.0 Å². The molecule has 1 N–H and O–H groups in total. The zero-order chi connectivity index (χ0) is 19.9. The third-order valence-corrected chi connectivity index (χ3v) is 4.81. The minimum absolute atomic E-state index is 0. The monoisotopic (exact) mass is 455 g/mol. The zero-order valence-corrected chi connectivity index (χ0v) is 18.1. The smallest absolute Gasteiger partial charge is 0.166 e. The summed E-state index contributed by atoms with van der Waals surface area (Å²) in [5, 5.41) is 4.48. The van der Waals surface area contributed by atoms with E-state index in [1.54, 1.807) is 31.4 Å². The van der Waals surface area contributed by atoms with E-state index < -0.39 is 0 Å². The summed E-state index contributed by atoms with van der Waals surface area (Å²) in [4.78, 5) is 0. The third kappa shape index (κ3) is 6.51. The second-order valence-corrected chi connectivity index (χ2v) is 7.05. The van der Waals surface area contributed by atoms with Crippen molar-refractivity contribution in [2.24, 2.45) is 0 Å². The molecule has 3 nitrogen and oxygen atoms in total. The van der Waals surface area contributed by atoms with Gasteiger partial charge in [0.2, 0.25) is 0 Å². The molecule has 0 spiro atoms. The molecule has 3 rings (SSSR count). The summed E-state index contributed by atoms with van der Waals surface area (Å²) < 4.78 is 24.5. The SMILES string of the molecule is COc1cccc(CNCc2ccc(F)cc2)c1OCc1ccc(Cl)cc1Cl.Cl. The molecule has 154 valence electrons. The largest absolute Gasteiger partial charge is 0.493 e. The number of hydrogen-bond donors (Lipinski definition) is 1. The number of benzene rings is 3. The molecule has 0 aromatic heterocycles. The van der Waals surface area contributed by atoms with Crippen molar-refractivity contribution >= 4 is 35.6 Å². The van der Waals surface area contributed by atoms with E-state index in [9.17, 15) is 4.39 Å². The Balaban J connectivity index is 0.00000300. The van der Waals surface area contributed by atoms with Gasteiger partial charge in [0.05, 0.1) is 7.11 Å². The molecule has 0 radical (unpaired) electrons. The number of para-hydroxylation sites is 1. The van der Waals surface area contributed by atoms with Crippen LogP contribution >= 0.6 is 35.6 Å². The van der Waals surface area contributed by atoms with Gasteiger partial charge in [-0.25, -0.2) is 4.39 Å². The van der Waals surface area contributed by atoms with Crippen LogP contribution in [0.1, 0.15) is 16.7 Å². The summed E-state index contributed by atoms with van der Waals surface area (Å²) in [6.07, 6.45) is 0. The Morgan fingerprint density at radius 3 is 2.38 bits per heavy atom. The van der Waals surface area contributed by atoms with E-state index >= 15 is 0 Å². The number of ether oxygens (including phenoxy) is 2. The van der Waals surface area contributed by atoms with E-state index in [2.05, 4.69) is 5.32 Å². The molecule has 0 aliphatic heterocycles. The van der Waals surface area contributed by atoms with Crippen molar-refractivity contribution in [1.82, 2.24) is 5.32 Å². The molecule has 29 heavy (non-hydrogen) atoms. The number of hydrogen-bond acceptors (Lipinski definition) is 3. The zero-order valence-electron chi connectivity index (χ0n) is 15.8. The fourth-order valence-electron chi connectivity index (χ4n) is 2.76. The highest BCUT2D eigenvalue weighted by atomic mass is 35.5. The third-order valence-electron chi connectivity index (χ3n) is 4.23. The molecular formula is C22H21Cl3FNO2. The predicted molar refractivity (Wildman–Crippen MR) is 118 cm³/mol. The average Bonchev–Trinajstić information content (AvgIpc) is 2.69. The molecule has 0 aliphatic rings. The summed E-state index contributed by atoms with van der Waals surface area (Å²) in [7, 11) is 1.60. The number of rotatable bonds is 8. The van der Waals surface area contributed by atoms with Crippen LogP contribution in [0.25, 0.3) is 0 Å². The van der Waals surface area contributed by atoms with Gasteiger partial charge in [0.15, 0.2) is 11.5 Å². The fraction of sp³-hybridized carbons (Fsp3) is 0.182. The average molecular weight is 457 g/mol. The maximum Gasteiger partial charge on any atom is 0.166 e. The summed E-state index contributed by atoms with van der Waals surface area (Å²) in [6.45, 7) is 1.47. The van der Waals surface area contributed by atoms with Crippen molar-refractivity contribution in [3.63, 3.8) is 0 Å². The molecule has 7 heteroatoms. The van der Waals surface area contributed by atoms with Crippen LogP contribution in [0, 0.1) is 5.82 Å². The Morgan fingerprint density at radius 2 is 1.69 bits per heavy atom. The van der Waals surface area contributed by atoms with E-state index in [0.29, 0.717) is 41.2 Å². The molecule has 0 amide bonds. The number of halogens is 4. The minimum atomic E-state index is -0.243. The van der Waals surface area contributed by atoms with Gasteiger partial charge in [0.1, 0.15) is 12.4 Å². The second kappa shape index (κ2) is 11.3. The van der Waals surface area contributed by atoms with Gasteiger partial charge in [0.25, 0.3) is 0 Å². The molecule has 3 aromatic rings. The molecule has 0 heterocycles. The molecule has 0 saturated heterocycles. The normalized spacial score (nSPS) is 10.3. The molecule has 0 unspecified atom stereocenters. The van der Waals surface area contributed by atoms with Gasteiger partial charge in [-0.1, -0.05) is 53.5 Å². The van der Waals surface area contributed by atoms with Gasteiger partial charge < -0.3 is 14.8 Å². The minimum Gasteiger partial charge on any atom is -0.493 e. The lowest BCUT2D eigenvalue weighted by Gasteiger charge is -2.16. The van der Waals surface area contributed by atoms with E-state index in [1.807, 2.05) is 24.3 Å². The van der Waals surface area contributed by atoms with E-state index in [-0.39, 0.29) is 18.2 Å². The quantitative estimate of drug-likeness (QED) is 0.423. The maximum absolute atomic E-state index is 13.0. The van der Waals surface area contributed by atoms with Crippen LogP contribution in [0.3, 0.4) is 0 Å². The first-order valence-electron chi connectivity index (χ1n) is 8.74. The Labute approximate surface area is 186 Å². The van der Waals surface area contributed by atoms with Crippen LogP contribution in [-0.4, -0.2) is 7.11 Å². The Kier molecular flexibility index (Phi) is 9.05. The van der Waals surface area contributed by atoms with Gasteiger partial charge >= 0.3 is 0 Å². The molecule has 0 fully saturated rings. The standard InChI is InChI=1S/C22H20Cl2FNO2.ClH/c1-27-21-4-2-3-16(13-26-12-15-5-9-19(25)10-6-15)22(21)28-14-17-7-8-18(23)11-20(17)24;/h2-11,26H,12-14H2,1H3;1H. The molecule has 0 aliphatic carbocycles. The van der Waals surface area contributed by atoms with E-state index in [1.165, 1.54) is 12.1 Å². The van der Waals surface area contributed by atoms with Crippen molar-refractivity contribution in [1.29, 1.82) is 0 Å². The summed E-state index contributed by atoms with van der Waals surface area (Å²) in [6, 6.07) is 17.5. The van der Waals surface area contributed by atoms with Crippen molar-refractivity contribution in [3.05, 3.63) is 93.2 Å². The molecule has 3 aromatic carbocycles. The first-order valence-corrected chi connectivity index (χ1v) is 9.50. The molecule has 0 saturated carbocycles. The topological polar surface area (TPSA) is 30.5 Å². The highest BCUT2D eigenvalue weighted by Crippen LogP contribution is 2.32. The summed E-state index contributed by atoms with van der Waals surface area (Å²) in [5.74, 6) is 1.06. The van der Waals surface area contributed by atoms with Crippen molar-refractivity contribution in [2.75, 3.05) is 7.11 Å². The van der Waals surface area contributed by atoms with E-state index in [4.69, 9.17) is 32.7 Å². The van der Waals surface area contributed by atoms with Gasteiger partial charge in [-0.05, 0) is 35.9 Å². The van der Waals surface area contributed by atoms with Gasteiger partial charge in [0, 0.05) is 34.3 Å². The van der Waals surface area contributed by atoms with Gasteiger partial charge in [-0.15, -0.1) is 12.4 Å². The van der Waals surface area contributed by atoms with E-state index in [0.717, 1.165) is 16.7 Å². The van der Waals surface area contributed by atoms with Crippen LogP contribution < -0.4 is 14.8 Å². The lowest BCUT2D eigenvalue weighted by molar-refractivity contribution is 0.280. The van der Waals surface area contributed by atoms with Crippen LogP contribution in [0.4, 0.5) is 4.39 Å². The molecular weight excluding hydrogens is 436 g/mol. The Hall–Kier alpha value is -1.98. The fourth-order valence-corrected chi connectivity index (χ4v) is 3.22. The summed E-state index contributed by atoms with van der Waals surface area (Å²) >= 11 is 12.2. The van der Waals surface area contributed by atoms with Crippen LogP contribution in [0.5, 0.6) is 11.5 Å². The first kappa shape index (κ1) is 23.3. The van der Waals surface area contributed by atoms with Crippen LogP contribution in [0.15, 0.2) is 60.7 Å². The lowest BCUT2D eigenvalue weighted by atomic mass is 10.1. The Bertz CT molecular complexity index is 936. The second-order valence-electron chi connectivity index (χ2n) is 6.20. The van der Waals surface area contributed by atoms with Crippen molar-refractivity contribution in [3.8, 4) is 11.5 Å². The number of nitrogens with one attached hydrogen (secondary N) is 1. The first-order chi connectivity index (χ1) is 13.6. The molecule has 0 atom stereocenters. The van der Waals surface area contributed by atoms with Gasteiger partial charge in [-0.2, -0.15) is 0 Å².